The van der Waals surface area contributed by atoms with Crippen LogP contribution in [0.2, 0.25) is 0 Å². The first kappa shape index (κ1) is 21.3. The minimum Gasteiger partial charge on any atom is -0.496 e. The Morgan fingerprint density at radius 1 is 1.12 bits per heavy atom. The van der Waals surface area contributed by atoms with Gasteiger partial charge in [0.05, 0.1) is 30.2 Å². The molecule has 8 heteroatoms. The van der Waals surface area contributed by atoms with Gasteiger partial charge in [-0.05, 0) is 29.8 Å². The van der Waals surface area contributed by atoms with Crippen LogP contribution in [0.5, 0.6) is 5.75 Å². The number of fused-ring (bicyclic) bond motifs is 1. The molecule has 0 bridgehead atoms. The summed E-state index contributed by atoms with van der Waals surface area (Å²) in [6, 6.07) is 13.6. The van der Waals surface area contributed by atoms with Crippen molar-refractivity contribution in [2.24, 2.45) is 7.05 Å². The highest BCUT2D eigenvalue weighted by molar-refractivity contribution is 5.94. The molecule has 8 nitrogen and oxygen atoms in total. The number of ether oxygens (including phenoxy) is 1. The number of anilines is 1. The summed E-state index contributed by atoms with van der Waals surface area (Å²) in [5.41, 5.74) is 5.41. The fraction of sp³-hybridized carbons (Fsp3) is 0.250. The molecule has 164 valence electrons. The smallest absolute Gasteiger partial charge is 0.251 e. The normalized spacial score (nSPS) is 11.9. The summed E-state index contributed by atoms with van der Waals surface area (Å²) in [4.78, 5) is 25.1. The Hall–Kier alpha value is -3.94. The number of aryl methyl sites for hydroxylation is 1. The predicted octanol–water partition coefficient (Wildman–Crippen LogP) is 3.61. The third-order valence-electron chi connectivity index (χ3n) is 5.53. The highest BCUT2D eigenvalue weighted by Crippen LogP contribution is 2.28. The van der Waals surface area contributed by atoms with Crippen molar-refractivity contribution in [1.82, 2.24) is 24.8 Å². The molecule has 2 aromatic carbocycles. The second-order valence-corrected chi connectivity index (χ2v) is 7.67. The van der Waals surface area contributed by atoms with E-state index in [0.29, 0.717) is 17.9 Å². The number of amides is 1. The number of aromatic nitrogens is 4. The summed E-state index contributed by atoms with van der Waals surface area (Å²) < 4.78 is 7.52. The number of carbonyl (C=O) groups is 1. The van der Waals surface area contributed by atoms with E-state index in [1.165, 1.54) is 0 Å². The molecule has 1 atom stereocenters. The Kier molecular flexibility index (Phi) is 6.02. The van der Waals surface area contributed by atoms with Crippen LogP contribution in [0.4, 0.5) is 5.82 Å². The number of benzene rings is 2. The van der Waals surface area contributed by atoms with E-state index in [1.807, 2.05) is 48.0 Å². The molecule has 4 aromatic rings. The van der Waals surface area contributed by atoms with Crippen LogP contribution in [-0.4, -0.2) is 46.1 Å². The molecule has 1 amide bonds. The van der Waals surface area contributed by atoms with Gasteiger partial charge >= 0.3 is 0 Å². The third kappa shape index (κ3) is 4.25. The zero-order valence-corrected chi connectivity index (χ0v) is 18.6. The Morgan fingerprint density at radius 3 is 2.75 bits per heavy atom. The van der Waals surface area contributed by atoms with Gasteiger partial charge in [0, 0.05) is 43.8 Å². The molecule has 2 heterocycles. The van der Waals surface area contributed by atoms with Crippen LogP contribution in [0, 0.1) is 0 Å². The van der Waals surface area contributed by atoms with Crippen LogP contribution in [0.1, 0.15) is 28.8 Å². The van der Waals surface area contributed by atoms with Gasteiger partial charge in [-0.1, -0.05) is 19.1 Å². The van der Waals surface area contributed by atoms with E-state index in [9.17, 15) is 4.79 Å². The summed E-state index contributed by atoms with van der Waals surface area (Å²) >= 11 is 0. The SMILES string of the molecule is CNC(=O)c1ccc([C@H](C)CNc2cc(-c3ccc4c(c3)ncn4C)ncn2)c(OC)c1. The molecule has 0 spiro atoms. The lowest BCUT2D eigenvalue weighted by atomic mass is 9.98. The van der Waals surface area contributed by atoms with E-state index in [0.717, 1.165) is 33.7 Å². The van der Waals surface area contributed by atoms with E-state index in [2.05, 4.69) is 32.5 Å². The number of imidazole rings is 1. The van der Waals surface area contributed by atoms with Gasteiger partial charge in [-0.15, -0.1) is 0 Å². The molecule has 0 aliphatic rings. The van der Waals surface area contributed by atoms with Crippen molar-refractivity contribution < 1.29 is 9.53 Å². The number of nitrogens with zero attached hydrogens (tertiary/aromatic N) is 4. The molecule has 2 aromatic heterocycles. The van der Waals surface area contributed by atoms with E-state index >= 15 is 0 Å². The summed E-state index contributed by atoms with van der Waals surface area (Å²) in [5.74, 6) is 1.42. The molecule has 0 fully saturated rings. The van der Waals surface area contributed by atoms with Crippen LogP contribution < -0.4 is 15.4 Å². The van der Waals surface area contributed by atoms with Crippen LogP contribution >= 0.6 is 0 Å². The van der Waals surface area contributed by atoms with Gasteiger partial charge in [0.15, 0.2) is 0 Å². The maximum atomic E-state index is 11.9. The van der Waals surface area contributed by atoms with E-state index in [-0.39, 0.29) is 11.8 Å². The summed E-state index contributed by atoms with van der Waals surface area (Å²) in [7, 11) is 5.20. The molecule has 32 heavy (non-hydrogen) atoms. The number of methoxy groups -OCH3 is 1. The standard InChI is InChI=1S/C24H26N6O2/c1-15(18-7-5-17(24(31)25-2)10-22(18)32-4)12-26-23-11-19(27-13-28-23)16-6-8-21-20(9-16)29-14-30(21)3/h5-11,13-15H,12H2,1-4H3,(H,25,31)(H,26,27,28)/t15-/m1/s1. The second kappa shape index (κ2) is 9.05. The fourth-order valence-corrected chi connectivity index (χ4v) is 3.68. The lowest BCUT2D eigenvalue weighted by Crippen LogP contribution is -2.18. The first-order chi connectivity index (χ1) is 15.5. The van der Waals surface area contributed by atoms with Crippen molar-refractivity contribution in [2.75, 3.05) is 26.0 Å². The summed E-state index contributed by atoms with van der Waals surface area (Å²) in [6.07, 6.45) is 3.36. The van der Waals surface area contributed by atoms with Crippen LogP contribution in [0.3, 0.4) is 0 Å². The van der Waals surface area contributed by atoms with Crippen LogP contribution in [0.15, 0.2) is 55.1 Å². The average Bonchev–Trinajstić information content (AvgIpc) is 3.21. The number of hydrogen-bond acceptors (Lipinski definition) is 6. The molecule has 4 rings (SSSR count). The molecule has 0 aliphatic carbocycles. The minimum atomic E-state index is -0.141. The zero-order valence-electron chi connectivity index (χ0n) is 18.6. The van der Waals surface area contributed by atoms with Gasteiger partial charge in [-0.2, -0.15) is 0 Å². The third-order valence-corrected chi connectivity index (χ3v) is 5.53. The number of hydrogen-bond donors (Lipinski definition) is 2. The van der Waals surface area contributed by atoms with Crippen molar-refractivity contribution in [1.29, 1.82) is 0 Å². The average molecular weight is 431 g/mol. The van der Waals surface area contributed by atoms with Gasteiger partial charge in [0.25, 0.3) is 5.91 Å². The number of nitrogens with one attached hydrogen (secondary N) is 2. The molecule has 0 radical (unpaired) electrons. The predicted molar refractivity (Wildman–Crippen MR) is 125 cm³/mol. The monoisotopic (exact) mass is 430 g/mol. The summed E-state index contributed by atoms with van der Waals surface area (Å²) in [5, 5.41) is 6.02. The molecular formula is C24H26N6O2. The molecule has 2 N–H and O–H groups in total. The highest BCUT2D eigenvalue weighted by Gasteiger charge is 2.15. The largest absolute Gasteiger partial charge is 0.496 e. The first-order valence-corrected chi connectivity index (χ1v) is 10.4. The van der Waals surface area contributed by atoms with Gasteiger partial charge < -0.3 is 19.9 Å². The molecule has 0 aliphatic heterocycles. The van der Waals surface area contributed by atoms with Gasteiger partial charge in [-0.3, -0.25) is 4.79 Å². The first-order valence-electron chi connectivity index (χ1n) is 10.4. The minimum absolute atomic E-state index is 0.131. The highest BCUT2D eigenvalue weighted by atomic mass is 16.5. The van der Waals surface area contributed by atoms with Crippen molar-refractivity contribution in [2.45, 2.75) is 12.8 Å². The van der Waals surface area contributed by atoms with Crippen LogP contribution in [0.25, 0.3) is 22.3 Å². The topological polar surface area (TPSA) is 94.0 Å². The molecule has 0 unspecified atom stereocenters. The Morgan fingerprint density at radius 2 is 1.97 bits per heavy atom. The van der Waals surface area contributed by atoms with E-state index in [4.69, 9.17) is 4.74 Å². The lowest BCUT2D eigenvalue weighted by molar-refractivity contribution is 0.0962. The zero-order chi connectivity index (χ0) is 22.7. The Bertz CT molecular complexity index is 1270. The van der Waals surface area contributed by atoms with Gasteiger partial charge in [0.2, 0.25) is 0 Å². The van der Waals surface area contributed by atoms with Crippen molar-refractivity contribution in [3.05, 3.63) is 66.2 Å². The quantitative estimate of drug-likeness (QED) is 0.465. The second-order valence-electron chi connectivity index (χ2n) is 7.67. The van der Waals surface area contributed by atoms with Crippen molar-refractivity contribution >= 4 is 22.8 Å². The molecular weight excluding hydrogens is 404 g/mol. The van der Waals surface area contributed by atoms with Gasteiger partial charge in [0.1, 0.15) is 17.9 Å². The number of carbonyl (C=O) groups excluding carboxylic acids is 1. The molecule has 0 saturated heterocycles. The Labute approximate surface area is 186 Å². The van der Waals surface area contributed by atoms with Crippen molar-refractivity contribution in [3.63, 3.8) is 0 Å². The van der Waals surface area contributed by atoms with Crippen molar-refractivity contribution in [3.8, 4) is 17.0 Å². The van der Waals surface area contributed by atoms with Gasteiger partial charge in [-0.25, -0.2) is 15.0 Å². The fourth-order valence-electron chi connectivity index (χ4n) is 3.68. The van der Waals surface area contributed by atoms with E-state index < -0.39 is 0 Å². The summed E-state index contributed by atoms with van der Waals surface area (Å²) in [6.45, 7) is 2.74. The van der Waals surface area contributed by atoms with E-state index in [1.54, 1.807) is 32.9 Å². The molecule has 0 saturated carbocycles. The van der Waals surface area contributed by atoms with Crippen LogP contribution in [-0.2, 0) is 7.05 Å². The maximum absolute atomic E-state index is 11.9. The number of rotatable bonds is 7. The Balaban J connectivity index is 1.50. The maximum Gasteiger partial charge on any atom is 0.251 e. The lowest BCUT2D eigenvalue weighted by Gasteiger charge is -2.17.